The van der Waals surface area contributed by atoms with Gasteiger partial charge in [-0.25, -0.2) is 4.98 Å². The molecule has 2 bridgehead atoms. The SMILES string of the molecule is CNCc1c(N2CC3CCC2C3)nc2ccccn12. The minimum Gasteiger partial charge on any atom is -0.352 e. The van der Waals surface area contributed by atoms with Crippen LogP contribution in [0.5, 0.6) is 0 Å². The first-order chi connectivity index (χ1) is 9.36. The predicted octanol–water partition coefficient (Wildman–Crippen LogP) is 2.04. The third-order valence-corrected chi connectivity index (χ3v) is 4.63. The van der Waals surface area contributed by atoms with Gasteiger partial charge in [0.25, 0.3) is 0 Å². The van der Waals surface area contributed by atoms with Gasteiger partial charge in [-0.05, 0) is 44.4 Å². The summed E-state index contributed by atoms with van der Waals surface area (Å²) in [7, 11) is 2.00. The fourth-order valence-electron chi connectivity index (χ4n) is 3.78. The fourth-order valence-corrected chi connectivity index (χ4v) is 3.78. The molecule has 1 N–H and O–H groups in total. The van der Waals surface area contributed by atoms with Crippen LogP contribution in [0.1, 0.15) is 25.0 Å². The molecule has 0 radical (unpaired) electrons. The van der Waals surface area contributed by atoms with Crippen molar-refractivity contribution in [2.24, 2.45) is 5.92 Å². The van der Waals surface area contributed by atoms with Crippen molar-refractivity contribution >= 4 is 11.5 Å². The summed E-state index contributed by atoms with van der Waals surface area (Å²) in [6, 6.07) is 6.96. The Bertz CT molecular complexity index is 603. The molecule has 1 aliphatic carbocycles. The zero-order valence-electron chi connectivity index (χ0n) is 11.3. The minimum atomic E-state index is 0.727. The second kappa shape index (κ2) is 4.23. The number of nitrogens with zero attached hydrogens (tertiary/aromatic N) is 3. The van der Waals surface area contributed by atoms with Crippen LogP contribution in [-0.4, -0.2) is 29.0 Å². The lowest BCUT2D eigenvalue weighted by molar-refractivity contribution is 0.549. The van der Waals surface area contributed by atoms with Gasteiger partial charge < -0.3 is 14.6 Å². The molecule has 0 spiro atoms. The monoisotopic (exact) mass is 256 g/mol. The lowest BCUT2D eigenvalue weighted by atomic mass is 10.1. The molecule has 4 heteroatoms. The van der Waals surface area contributed by atoms with Crippen LogP contribution in [-0.2, 0) is 6.54 Å². The van der Waals surface area contributed by atoms with Crippen LogP contribution in [0.3, 0.4) is 0 Å². The van der Waals surface area contributed by atoms with Crippen LogP contribution < -0.4 is 10.2 Å². The fraction of sp³-hybridized carbons (Fsp3) is 0.533. The largest absolute Gasteiger partial charge is 0.352 e. The number of aromatic nitrogens is 2. The molecule has 1 aliphatic heterocycles. The zero-order chi connectivity index (χ0) is 12.8. The molecule has 2 fully saturated rings. The number of rotatable bonds is 3. The summed E-state index contributed by atoms with van der Waals surface area (Å²) >= 11 is 0. The van der Waals surface area contributed by atoms with E-state index >= 15 is 0 Å². The second-order valence-electron chi connectivity index (χ2n) is 5.83. The minimum absolute atomic E-state index is 0.727. The van der Waals surface area contributed by atoms with Gasteiger partial charge in [0.2, 0.25) is 0 Å². The number of imidazole rings is 1. The number of nitrogens with one attached hydrogen (secondary N) is 1. The summed E-state index contributed by atoms with van der Waals surface area (Å²) in [6.45, 7) is 2.07. The van der Waals surface area contributed by atoms with Crippen molar-refractivity contribution in [3.63, 3.8) is 0 Å². The number of anilines is 1. The van der Waals surface area contributed by atoms with Crippen LogP contribution in [0, 0.1) is 5.92 Å². The number of hydrogen-bond donors (Lipinski definition) is 1. The molecule has 3 heterocycles. The van der Waals surface area contributed by atoms with Crippen LogP contribution in [0.4, 0.5) is 5.82 Å². The molecule has 100 valence electrons. The Labute approximate surface area is 113 Å². The van der Waals surface area contributed by atoms with Gasteiger partial charge in [-0.2, -0.15) is 0 Å². The highest BCUT2D eigenvalue weighted by atomic mass is 15.3. The lowest BCUT2D eigenvalue weighted by Gasteiger charge is -2.28. The van der Waals surface area contributed by atoms with Crippen LogP contribution in [0.2, 0.25) is 0 Å². The van der Waals surface area contributed by atoms with Crippen molar-refractivity contribution in [3.8, 4) is 0 Å². The highest BCUT2D eigenvalue weighted by Gasteiger charge is 2.39. The van der Waals surface area contributed by atoms with Crippen molar-refractivity contribution in [1.29, 1.82) is 0 Å². The summed E-state index contributed by atoms with van der Waals surface area (Å²) in [5, 5.41) is 3.28. The average Bonchev–Trinajstić information content (AvgIpc) is 3.12. The van der Waals surface area contributed by atoms with E-state index in [1.165, 1.54) is 37.3 Å². The van der Waals surface area contributed by atoms with Crippen molar-refractivity contribution in [3.05, 3.63) is 30.1 Å². The molecule has 1 saturated carbocycles. The first kappa shape index (κ1) is 11.3. The Morgan fingerprint density at radius 2 is 2.32 bits per heavy atom. The summed E-state index contributed by atoms with van der Waals surface area (Å²) in [6.07, 6.45) is 6.24. The van der Waals surface area contributed by atoms with E-state index in [4.69, 9.17) is 4.98 Å². The summed E-state index contributed by atoms with van der Waals surface area (Å²) in [4.78, 5) is 7.43. The van der Waals surface area contributed by atoms with Crippen LogP contribution >= 0.6 is 0 Å². The van der Waals surface area contributed by atoms with Crippen LogP contribution in [0.25, 0.3) is 5.65 Å². The first-order valence-electron chi connectivity index (χ1n) is 7.24. The van der Waals surface area contributed by atoms with Gasteiger partial charge in [-0.3, -0.25) is 0 Å². The van der Waals surface area contributed by atoms with Gasteiger partial charge in [0, 0.05) is 25.3 Å². The normalized spacial score (nSPS) is 25.6. The Morgan fingerprint density at radius 3 is 3.05 bits per heavy atom. The highest BCUT2D eigenvalue weighted by Crippen LogP contribution is 2.40. The van der Waals surface area contributed by atoms with E-state index in [-0.39, 0.29) is 0 Å². The standard InChI is InChI=1S/C15H20N4/c1-16-9-13-15(17-14-4-2-3-7-18(13)14)19-10-11-5-6-12(19)8-11/h2-4,7,11-12,16H,5-6,8-10H2,1H3. The Morgan fingerprint density at radius 1 is 1.37 bits per heavy atom. The lowest BCUT2D eigenvalue weighted by Crippen LogP contribution is -2.33. The van der Waals surface area contributed by atoms with E-state index in [0.717, 1.165) is 24.2 Å². The number of fused-ring (bicyclic) bond motifs is 3. The van der Waals surface area contributed by atoms with Gasteiger partial charge in [0.05, 0.1) is 5.69 Å². The molecule has 2 aromatic rings. The molecule has 1 saturated heterocycles. The van der Waals surface area contributed by atoms with Crippen molar-refractivity contribution in [1.82, 2.24) is 14.7 Å². The maximum Gasteiger partial charge on any atom is 0.152 e. The average molecular weight is 256 g/mol. The molecule has 4 nitrogen and oxygen atoms in total. The maximum atomic E-state index is 4.88. The van der Waals surface area contributed by atoms with Gasteiger partial charge in [-0.1, -0.05) is 6.07 Å². The highest BCUT2D eigenvalue weighted by molar-refractivity contribution is 5.57. The summed E-state index contributed by atoms with van der Waals surface area (Å²) in [5.41, 5.74) is 2.36. The van der Waals surface area contributed by atoms with Crippen LogP contribution in [0.15, 0.2) is 24.4 Å². The maximum absolute atomic E-state index is 4.88. The molecule has 2 aliphatic rings. The second-order valence-corrected chi connectivity index (χ2v) is 5.83. The molecule has 0 amide bonds. The molecule has 19 heavy (non-hydrogen) atoms. The van der Waals surface area contributed by atoms with Gasteiger partial charge in [-0.15, -0.1) is 0 Å². The quantitative estimate of drug-likeness (QED) is 0.912. The molecule has 2 unspecified atom stereocenters. The van der Waals surface area contributed by atoms with E-state index in [0.29, 0.717) is 0 Å². The van der Waals surface area contributed by atoms with Crippen molar-refractivity contribution in [2.45, 2.75) is 31.8 Å². The summed E-state index contributed by atoms with van der Waals surface area (Å²) < 4.78 is 2.22. The van der Waals surface area contributed by atoms with Gasteiger partial charge >= 0.3 is 0 Å². The van der Waals surface area contributed by atoms with Crippen molar-refractivity contribution in [2.75, 3.05) is 18.5 Å². The zero-order valence-corrected chi connectivity index (χ0v) is 11.3. The predicted molar refractivity (Wildman–Crippen MR) is 76.4 cm³/mol. The molecular weight excluding hydrogens is 236 g/mol. The smallest absolute Gasteiger partial charge is 0.152 e. The third-order valence-electron chi connectivity index (χ3n) is 4.63. The van der Waals surface area contributed by atoms with Gasteiger partial charge in [0.1, 0.15) is 5.65 Å². The molecule has 2 aromatic heterocycles. The molecular formula is C15H20N4. The van der Waals surface area contributed by atoms with E-state index in [9.17, 15) is 0 Å². The van der Waals surface area contributed by atoms with E-state index < -0.39 is 0 Å². The van der Waals surface area contributed by atoms with Gasteiger partial charge in [0.15, 0.2) is 5.82 Å². The first-order valence-corrected chi connectivity index (χ1v) is 7.24. The van der Waals surface area contributed by atoms with Crippen molar-refractivity contribution < 1.29 is 0 Å². The van der Waals surface area contributed by atoms with E-state index in [1.54, 1.807) is 0 Å². The molecule has 0 aromatic carbocycles. The number of piperidine rings is 1. The number of pyridine rings is 1. The number of hydrogen-bond acceptors (Lipinski definition) is 3. The third kappa shape index (κ3) is 1.66. The Kier molecular flexibility index (Phi) is 2.52. The Hall–Kier alpha value is -1.55. The van der Waals surface area contributed by atoms with E-state index in [2.05, 4.69) is 39.0 Å². The van der Waals surface area contributed by atoms with E-state index in [1.807, 2.05) is 7.05 Å². The summed E-state index contributed by atoms with van der Waals surface area (Å²) in [5.74, 6) is 2.10. The topological polar surface area (TPSA) is 32.6 Å². The molecule has 2 atom stereocenters. The Balaban J connectivity index is 1.82. The molecule has 4 rings (SSSR count).